The van der Waals surface area contributed by atoms with E-state index in [4.69, 9.17) is 4.74 Å². The van der Waals surface area contributed by atoms with Crippen LogP contribution in [0.1, 0.15) is 50.2 Å². The fraction of sp³-hybridized carbons (Fsp3) is 0.650. The third-order valence-corrected chi connectivity index (χ3v) is 5.57. The molecule has 1 unspecified atom stereocenters. The van der Waals surface area contributed by atoms with Crippen LogP contribution in [0.5, 0.6) is 0 Å². The lowest BCUT2D eigenvalue weighted by Gasteiger charge is -2.46. The van der Waals surface area contributed by atoms with E-state index < -0.39 is 0 Å². The van der Waals surface area contributed by atoms with Gasteiger partial charge in [-0.05, 0) is 50.5 Å². The Morgan fingerprint density at radius 1 is 1.26 bits per heavy atom. The number of benzene rings is 1. The van der Waals surface area contributed by atoms with Gasteiger partial charge in [0.25, 0.3) is 0 Å². The molecule has 0 bridgehead atoms. The number of rotatable bonds is 3. The summed E-state index contributed by atoms with van der Waals surface area (Å²) in [6.45, 7) is 6.69. The van der Waals surface area contributed by atoms with Crippen molar-refractivity contribution in [3.05, 3.63) is 35.4 Å². The van der Waals surface area contributed by atoms with Gasteiger partial charge in [0.15, 0.2) is 0 Å². The first-order valence-corrected chi connectivity index (χ1v) is 9.07. The van der Waals surface area contributed by atoms with Crippen LogP contribution in [0.15, 0.2) is 24.3 Å². The van der Waals surface area contributed by atoms with Gasteiger partial charge < -0.3 is 9.64 Å². The molecule has 1 spiro atoms. The number of hydrogen-bond acceptors (Lipinski definition) is 2. The minimum Gasteiger partial charge on any atom is -0.375 e. The maximum Gasteiger partial charge on any atom is 0.222 e. The summed E-state index contributed by atoms with van der Waals surface area (Å²) in [5.41, 5.74) is 2.79. The third-order valence-electron chi connectivity index (χ3n) is 5.57. The van der Waals surface area contributed by atoms with E-state index in [1.807, 2.05) is 11.8 Å². The van der Waals surface area contributed by atoms with E-state index in [1.54, 1.807) is 0 Å². The Morgan fingerprint density at radius 3 is 2.61 bits per heavy atom. The molecule has 0 aliphatic carbocycles. The van der Waals surface area contributed by atoms with Gasteiger partial charge in [-0.25, -0.2) is 0 Å². The fourth-order valence-corrected chi connectivity index (χ4v) is 4.10. The predicted octanol–water partition coefficient (Wildman–Crippen LogP) is 3.74. The molecule has 0 N–H and O–H groups in total. The maximum absolute atomic E-state index is 11.9. The Bertz CT molecular complexity index is 529. The molecular formula is C20H29NO2. The van der Waals surface area contributed by atoms with Crippen molar-refractivity contribution in [2.75, 3.05) is 19.7 Å². The van der Waals surface area contributed by atoms with E-state index >= 15 is 0 Å². The highest BCUT2D eigenvalue weighted by atomic mass is 16.5. The van der Waals surface area contributed by atoms with Crippen LogP contribution in [0, 0.1) is 12.8 Å². The number of nitrogens with zero attached hydrogens (tertiary/aromatic N) is 1. The molecule has 3 heteroatoms. The first-order chi connectivity index (χ1) is 11.1. The first kappa shape index (κ1) is 16.5. The lowest BCUT2D eigenvalue weighted by Crippen LogP contribution is -2.50. The van der Waals surface area contributed by atoms with Crippen molar-refractivity contribution in [2.24, 2.45) is 5.92 Å². The molecule has 0 radical (unpaired) electrons. The number of amides is 1. The lowest BCUT2D eigenvalue weighted by atomic mass is 9.77. The summed E-state index contributed by atoms with van der Waals surface area (Å²) in [6, 6.07) is 8.94. The molecule has 3 rings (SSSR count). The average Bonchev–Trinajstić information content (AvgIpc) is 2.57. The topological polar surface area (TPSA) is 29.5 Å². The van der Waals surface area contributed by atoms with Gasteiger partial charge in [0.1, 0.15) is 0 Å². The summed E-state index contributed by atoms with van der Waals surface area (Å²) in [5.74, 6) is 0.992. The second kappa shape index (κ2) is 7.04. The molecule has 3 nitrogen and oxygen atoms in total. The molecule has 0 aromatic heterocycles. The number of aryl methyl sites for hydroxylation is 1. The van der Waals surface area contributed by atoms with Crippen LogP contribution in [0.25, 0.3) is 0 Å². The Kier molecular flexibility index (Phi) is 5.05. The van der Waals surface area contributed by atoms with Crippen molar-refractivity contribution in [2.45, 2.75) is 58.0 Å². The summed E-state index contributed by atoms with van der Waals surface area (Å²) >= 11 is 0. The van der Waals surface area contributed by atoms with E-state index in [0.29, 0.717) is 12.3 Å². The van der Waals surface area contributed by atoms with Gasteiger partial charge in [0, 0.05) is 26.1 Å². The van der Waals surface area contributed by atoms with E-state index in [2.05, 4.69) is 31.2 Å². The van der Waals surface area contributed by atoms with Gasteiger partial charge in [0.2, 0.25) is 5.91 Å². The van der Waals surface area contributed by atoms with Crippen LogP contribution < -0.4 is 0 Å². The molecule has 1 amide bonds. The quantitative estimate of drug-likeness (QED) is 0.850. The first-order valence-electron chi connectivity index (χ1n) is 9.07. The van der Waals surface area contributed by atoms with Crippen LogP contribution in [-0.2, 0) is 16.0 Å². The summed E-state index contributed by atoms with van der Waals surface area (Å²) < 4.78 is 6.22. The lowest BCUT2D eigenvalue weighted by molar-refractivity contribution is -0.146. The van der Waals surface area contributed by atoms with Crippen LogP contribution in [-0.4, -0.2) is 36.1 Å². The number of carbonyl (C=O) groups excluding carboxylic acids is 1. The van der Waals surface area contributed by atoms with Gasteiger partial charge in [0.05, 0.1) is 5.60 Å². The molecule has 1 aromatic carbocycles. The van der Waals surface area contributed by atoms with Gasteiger partial charge >= 0.3 is 0 Å². The van der Waals surface area contributed by atoms with Crippen LogP contribution in [0.2, 0.25) is 0 Å². The molecule has 2 saturated heterocycles. The van der Waals surface area contributed by atoms with Crippen molar-refractivity contribution in [3.8, 4) is 0 Å². The Labute approximate surface area is 140 Å². The zero-order valence-electron chi connectivity index (χ0n) is 14.5. The smallest absolute Gasteiger partial charge is 0.222 e. The van der Waals surface area contributed by atoms with Crippen molar-refractivity contribution in [1.29, 1.82) is 0 Å². The Hall–Kier alpha value is -1.35. The zero-order chi connectivity index (χ0) is 16.3. The van der Waals surface area contributed by atoms with Crippen LogP contribution >= 0.6 is 0 Å². The largest absolute Gasteiger partial charge is 0.375 e. The van der Waals surface area contributed by atoms with Gasteiger partial charge in [-0.2, -0.15) is 0 Å². The van der Waals surface area contributed by atoms with Crippen molar-refractivity contribution in [3.63, 3.8) is 0 Å². The molecule has 2 heterocycles. The molecular weight excluding hydrogens is 286 g/mol. The number of hydrogen-bond donors (Lipinski definition) is 0. The highest BCUT2D eigenvalue weighted by Gasteiger charge is 2.40. The molecule has 2 aliphatic rings. The summed E-state index contributed by atoms with van der Waals surface area (Å²) in [5, 5.41) is 0. The second-order valence-electron chi connectivity index (χ2n) is 7.31. The van der Waals surface area contributed by atoms with E-state index in [1.165, 1.54) is 11.1 Å². The number of ether oxygens (including phenoxy) is 1. The number of likely N-dealkylation sites (tertiary alicyclic amines) is 1. The molecule has 0 saturated carbocycles. The van der Waals surface area contributed by atoms with Crippen molar-refractivity contribution < 1.29 is 9.53 Å². The molecule has 126 valence electrons. The predicted molar refractivity (Wildman–Crippen MR) is 92.4 cm³/mol. The molecule has 23 heavy (non-hydrogen) atoms. The summed E-state index contributed by atoms with van der Waals surface area (Å²) in [4.78, 5) is 13.9. The zero-order valence-corrected chi connectivity index (χ0v) is 14.5. The van der Waals surface area contributed by atoms with Gasteiger partial charge in [-0.15, -0.1) is 0 Å². The maximum atomic E-state index is 11.9. The molecule has 2 aliphatic heterocycles. The normalized spacial score (nSPS) is 23.9. The average molecular weight is 315 g/mol. The molecule has 2 fully saturated rings. The van der Waals surface area contributed by atoms with Crippen LogP contribution in [0.4, 0.5) is 0 Å². The van der Waals surface area contributed by atoms with Crippen molar-refractivity contribution in [1.82, 2.24) is 4.90 Å². The Balaban J connectivity index is 1.58. The Morgan fingerprint density at radius 2 is 1.96 bits per heavy atom. The van der Waals surface area contributed by atoms with Gasteiger partial charge in [-0.1, -0.05) is 36.8 Å². The summed E-state index contributed by atoms with van der Waals surface area (Å²) in [7, 11) is 0. The summed E-state index contributed by atoms with van der Waals surface area (Å²) in [6.07, 6.45) is 6.08. The van der Waals surface area contributed by atoms with Crippen molar-refractivity contribution >= 4 is 5.91 Å². The highest BCUT2D eigenvalue weighted by Crippen LogP contribution is 2.38. The second-order valence-corrected chi connectivity index (χ2v) is 7.31. The van der Waals surface area contributed by atoms with E-state index in [9.17, 15) is 4.79 Å². The number of piperidine rings is 1. The monoisotopic (exact) mass is 315 g/mol. The molecule has 1 atom stereocenters. The minimum absolute atomic E-state index is 0.0259. The standard InChI is InChI=1S/C20H29NO2/c1-3-19(22)21-11-9-20(10-12-21)15-18(8-13-23-20)14-17-6-4-16(2)5-7-17/h4-7,18H,3,8-15H2,1-2H3. The van der Waals surface area contributed by atoms with Gasteiger partial charge in [-0.3, -0.25) is 4.79 Å². The van der Waals surface area contributed by atoms with Crippen LogP contribution in [0.3, 0.4) is 0 Å². The highest BCUT2D eigenvalue weighted by molar-refractivity contribution is 5.75. The fourth-order valence-electron chi connectivity index (χ4n) is 4.10. The molecule has 1 aromatic rings. The SMILES string of the molecule is CCC(=O)N1CCC2(CC1)CC(Cc1ccc(C)cc1)CCO2. The third kappa shape index (κ3) is 3.95. The number of carbonyl (C=O) groups is 1. The minimum atomic E-state index is 0.0259. The van der Waals surface area contributed by atoms with E-state index in [0.717, 1.165) is 51.8 Å². The van der Waals surface area contributed by atoms with E-state index in [-0.39, 0.29) is 11.5 Å².